The van der Waals surface area contributed by atoms with Gasteiger partial charge in [0.25, 0.3) is 0 Å². The number of amides is 2. The smallest absolute Gasteiger partial charge is 0.248 e. The number of β-amino-alcohol motifs (C(OH)–C–C–N with tert-alkyl or cyclic N) is 1. The summed E-state index contributed by atoms with van der Waals surface area (Å²) in [6.45, 7) is 8.75. The highest BCUT2D eigenvalue weighted by molar-refractivity contribution is 6.04. The molecule has 7 heteroatoms. The first-order valence-corrected chi connectivity index (χ1v) is 13.2. The predicted octanol–water partition coefficient (Wildman–Crippen LogP) is 3.93. The molecule has 1 aliphatic carbocycles. The van der Waals surface area contributed by atoms with Gasteiger partial charge in [0.15, 0.2) is 0 Å². The quantitative estimate of drug-likeness (QED) is 0.568. The van der Waals surface area contributed by atoms with E-state index in [0.717, 1.165) is 36.8 Å². The van der Waals surface area contributed by atoms with Crippen LogP contribution in [-0.2, 0) is 15.0 Å². The minimum Gasteiger partial charge on any atom is -0.392 e. The first-order chi connectivity index (χ1) is 17.1. The highest BCUT2D eigenvalue weighted by Gasteiger charge is 2.40. The summed E-state index contributed by atoms with van der Waals surface area (Å²) in [5.41, 5.74) is 3.37. The number of aromatic nitrogens is 1. The molecule has 2 amide bonds. The van der Waals surface area contributed by atoms with Gasteiger partial charge in [0, 0.05) is 36.2 Å². The number of hydrogen-bond acceptors (Lipinski definition) is 5. The van der Waals surface area contributed by atoms with Crippen LogP contribution < -0.4 is 15.5 Å². The Morgan fingerprint density at radius 2 is 1.81 bits per heavy atom. The van der Waals surface area contributed by atoms with E-state index in [9.17, 15) is 14.7 Å². The van der Waals surface area contributed by atoms with E-state index in [4.69, 9.17) is 0 Å². The zero-order valence-corrected chi connectivity index (χ0v) is 22.0. The van der Waals surface area contributed by atoms with E-state index < -0.39 is 18.2 Å². The summed E-state index contributed by atoms with van der Waals surface area (Å²) in [7, 11) is 0. The number of carbonyl (C=O) groups excluding carboxylic acids is 2. The maximum Gasteiger partial charge on any atom is 0.248 e. The van der Waals surface area contributed by atoms with Crippen molar-refractivity contribution >= 4 is 17.5 Å². The largest absolute Gasteiger partial charge is 0.392 e. The molecule has 3 unspecified atom stereocenters. The first kappa shape index (κ1) is 26.3. The Kier molecular flexibility index (Phi) is 8.10. The fourth-order valence-electron chi connectivity index (χ4n) is 5.29. The van der Waals surface area contributed by atoms with Crippen LogP contribution in [0.3, 0.4) is 0 Å². The molecule has 2 aromatic rings. The molecule has 1 aliphatic heterocycles. The van der Waals surface area contributed by atoms with Crippen molar-refractivity contribution in [3.63, 3.8) is 0 Å². The molecule has 3 N–H and O–H groups in total. The van der Waals surface area contributed by atoms with Crippen LogP contribution in [0.15, 0.2) is 42.7 Å². The van der Waals surface area contributed by atoms with Crippen molar-refractivity contribution in [2.45, 2.75) is 95.9 Å². The fraction of sp³-hybridized carbons (Fsp3) is 0.552. The summed E-state index contributed by atoms with van der Waals surface area (Å²) in [5.74, 6) is -0.410. The van der Waals surface area contributed by atoms with E-state index in [0.29, 0.717) is 24.2 Å². The van der Waals surface area contributed by atoms with Crippen LogP contribution in [0.5, 0.6) is 0 Å². The molecule has 1 saturated carbocycles. The van der Waals surface area contributed by atoms with E-state index in [1.807, 2.05) is 37.3 Å². The van der Waals surface area contributed by atoms with Crippen molar-refractivity contribution in [1.29, 1.82) is 0 Å². The van der Waals surface area contributed by atoms with Gasteiger partial charge in [-0.15, -0.1) is 0 Å². The number of carbonyl (C=O) groups is 2. The predicted molar refractivity (Wildman–Crippen MR) is 142 cm³/mol. The maximum atomic E-state index is 14.0. The molecule has 36 heavy (non-hydrogen) atoms. The highest BCUT2D eigenvalue weighted by Crippen LogP contribution is 2.33. The lowest BCUT2D eigenvalue weighted by Crippen LogP contribution is -2.51. The Bertz CT molecular complexity index is 1060. The second-order valence-corrected chi connectivity index (χ2v) is 11.3. The second kappa shape index (κ2) is 11.1. The number of nitrogens with zero attached hydrogens (tertiary/aromatic N) is 2. The molecule has 0 radical (unpaired) electrons. The number of aliphatic hydroxyl groups excluding tert-OH is 1. The van der Waals surface area contributed by atoms with Crippen molar-refractivity contribution in [3.8, 4) is 0 Å². The monoisotopic (exact) mass is 492 g/mol. The molecule has 3 atom stereocenters. The van der Waals surface area contributed by atoms with Crippen LogP contribution in [0.4, 0.5) is 5.69 Å². The van der Waals surface area contributed by atoms with Crippen LogP contribution in [0.2, 0.25) is 0 Å². The number of benzene rings is 1. The third-order valence-corrected chi connectivity index (χ3v) is 7.49. The van der Waals surface area contributed by atoms with Gasteiger partial charge in [-0.1, -0.05) is 52.2 Å². The number of rotatable bonds is 6. The Hall–Kier alpha value is -2.77. The van der Waals surface area contributed by atoms with Crippen LogP contribution in [0.25, 0.3) is 0 Å². The third-order valence-electron chi connectivity index (χ3n) is 7.49. The van der Waals surface area contributed by atoms with Gasteiger partial charge in [-0.3, -0.25) is 19.5 Å². The number of hydrogen-bond donors (Lipinski definition) is 3. The molecule has 1 saturated heterocycles. The van der Waals surface area contributed by atoms with Crippen LogP contribution in [0, 0.1) is 6.92 Å². The normalized spacial score (nSPS) is 21.7. The van der Waals surface area contributed by atoms with Gasteiger partial charge in [0.1, 0.15) is 6.04 Å². The Balaban J connectivity index is 1.78. The number of pyridine rings is 1. The summed E-state index contributed by atoms with van der Waals surface area (Å²) in [6, 6.07) is 8.46. The third kappa shape index (κ3) is 5.95. The minimum absolute atomic E-state index is 0.0395. The summed E-state index contributed by atoms with van der Waals surface area (Å²) in [4.78, 5) is 34.0. The number of aryl methyl sites for hydroxylation is 1. The average Bonchev–Trinajstić information content (AvgIpc) is 3.29. The standard InChI is InChI=1S/C29H40N4O3/c1-19-14-15-30-18-24(19)26(27(35)32-21-8-6-5-7-9-21)33(28(36)25-16-23(34)17-31-25)22-12-10-20(11-13-22)29(2,3)4/h10-15,18,21,23,25-26,31,34H,5-9,16-17H2,1-4H3,(H,32,35). The van der Waals surface area contributed by atoms with Crippen molar-refractivity contribution in [3.05, 3.63) is 59.4 Å². The SMILES string of the molecule is Cc1ccncc1C(C(=O)NC1CCCCC1)N(C(=O)C1CC(O)CN1)c1ccc(C(C)(C)C)cc1. The van der Waals surface area contributed by atoms with Crippen molar-refractivity contribution in [2.24, 2.45) is 0 Å². The van der Waals surface area contributed by atoms with Gasteiger partial charge in [-0.2, -0.15) is 0 Å². The molecule has 7 nitrogen and oxygen atoms in total. The van der Waals surface area contributed by atoms with E-state index in [2.05, 4.69) is 36.4 Å². The number of anilines is 1. The van der Waals surface area contributed by atoms with Crippen LogP contribution in [-0.4, -0.2) is 46.6 Å². The average molecular weight is 493 g/mol. The second-order valence-electron chi connectivity index (χ2n) is 11.3. The molecular formula is C29H40N4O3. The van der Waals surface area contributed by atoms with E-state index >= 15 is 0 Å². The summed E-state index contributed by atoms with van der Waals surface area (Å²) < 4.78 is 0. The highest BCUT2D eigenvalue weighted by atomic mass is 16.3. The topological polar surface area (TPSA) is 94.6 Å². The Labute approximate surface area is 214 Å². The summed E-state index contributed by atoms with van der Waals surface area (Å²) in [6.07, 6.45) is 8.43. The van der Waals surface area contributed by atoms with Gasteiger partial charge in [0.2, 0.25) is 11.8 Å². The van der Waals surface area contributed by atoms with Gasteiger partial charge >= 0.3 is 0 Å². The van der Waals surface area contributed by atoms with Crippen LogP contribution in [0.1, 0.15) is 82.0 Å². The van der Waals surface area contributed by atoms with E-state index in [1.54, 1.807) is 17.3 Å². The van der Waals surface area contributed by atoms with Gasteiger partial charge in [-0.25, -0.2) is 0 Å². The van der Waals surface area contributed by atoms with E-state index in [-0.39, 0.29) is 23.3 Å². The van der Waals surface area contributed by atoms with Gasteiger partial charge in [0.05, 0.1) is 12.1 Å². The zero-order valence-electron chi connectivity index (χ0n) is 22.0. The lowest BCUT2D eigenvalue weighted by Gasteiger charge is -2.35. The molecule has 2 aliphatic rings. The molecule has 0 spiro atoms. The Morgan fingerprint density at radius 3 is 2.39 bits per heavy atom. The molecule has 1 aromatic heterocycles. The fourth-order valence-corrected chi connectivity index (χ4v) is 5.29. The Morgan fingerprint density at radius 1 is 1.11 bits per heavy atom. The lowest BCUT2D eigenvalue weighted by atomic mass is 9.87. The zero-order chi connectivity index (χ0) is 25.9. The summed E-state index contributed by atoms with van der Waals surface area (Å²) >= 11 is 0. The van der Waals surface area contributed by atoms with Crippen LogP contribution >= 0.6 is 0 Å². The molecule has 2 fully saturated rings. The van der Waals surface area contributed by atoms with Crippen molar-refractivity contribution in [1.82, 2.24) is 15.6 Å². The molecule has 194 valence electrons. The van der Waals surface area contributed by atoms with E-state index in [1.165, 1.54) is 6.42 Å². The van der Waals surface area contributed by atoms with Gasteiger partial charge in [-0.05, 0) is 60.9 Å². The number of nitrogens with one attached hydrogen (secondary N) is 2. The molecule has 4 rings (SSSR count). The summed E-state index contributed by atoms with van der Waals surface area (Å²) in [5, 5.41) is 16.5. The first-order valence-electron chi connectivity index (χ1n) is 13.2. The minimum atomic E-state index is -0.867. The maximum absolute atomic E-state index is 14.0. The molecule has 2 heterocycles. The number of aliphatic hydroxyl groups is 1. The molecule has 1 aromatic carbocycles. The molecular weight excluding hydrogens is 452 g/mol. The van der Waals surface area contributed by atoms with Crippen molar-refractivity contribution < 1.29 is 14.7 Å². The lowest BCUT2D eigenvalue weighted by molar-refractivity contribution is -0.128. The molecule has 0 bridgehead atoms. The van der Waals surface area contributed by atoms with Crippen molar-refractivity contribution in [2.75, 3.05) is 11.4 Å². The van der Waals surface area contributed by atoms with Gasteiger partial charge < -0.3 is 15.7 Å².